The van der Waals surface area contributed by atoms with Crippen molar-refractivity contribution in [1.29, 1.82) is 0 Å². The molecule has 10 heavy (non-hydrogen) atoms. The Balaban J connectivity index is 3.86. The highest BCUT2D eigenvalue weighted by molar-refractivity contribution is 5.94. The second kappa shape index (κ2) is 5.03. The smallest absolute Gasteiger partial charge is 0.0361 e. The van der Waals surface area contributed by atoms with Gasteiger partial charge in [-0.3, -0.25) is 4.99 Å². The third-order valence-electron chi connectivity index (χ3n) is 1.19. The van der Waals surface area contributed by atoms with Crippen LogP contribution in [0.15, 0.2) is 17.3 Å². The van der Waals surface area contributed by atoms with E-state index in [9.17, 15) is 0 Å². The average molecular weight is 140 g/mol. The van der Waals surface area contributed by atoms with E-state index in [-0.39, 0.29) is 0 Å². The van der Waals surface area contributed by atoms with Crippen molar-refractivity contribution < 1.29 is 0 Å². The SMILES string of the molecule is CN=C(/C=C\N)CC(C)C. The van der Waals surface area contributed by atoms with Gasteiger partial charge < -0.3 is 5.73 Å². The molecule has 0 saturated heterocycles. The monoisotopic (exact) mass is 140 g/mol. The van der Waals surface area contributed by atoms with Gasteiger partial charge in [-0.05, 0) is 24.6 Å². The van der Waals surface area contributed by atoms with Crippen LogP contribution in [0.5, 0.6) is 0 Å². The van der Waals surface area contributed by atoms with Gasteiger partial charge >= 0.3 is 0 Å². The quantitative estimate of drug-likeness (QED) is 0.594. The number of hydrogen-bond acceptors (Lipinski definition) is 2. The van der Waals surface area contributed by atoms with Crippen LogP contribution in [0.4, 0.5) is 0 Å². The molecule has 0 aromatic rings. The van der Waals surface area contributed by atoms with Crippen molar-refractivity contribution >= 4 is 5.71 Å². The molecule has 0 heterocycles. The Morgan fingerprint density at radius 3 is 2.50 bits per heavy atom. The minimum atomic E-state index is 0.648. The van der Waals surface area contributed by atoms with Gasteiger partial charge in [-0.2, -0.15) is 0 Å². The summed E-state index contributed by atoms with van der Waals surface area (Å²) in [5, 5.41) is 0. The molecule has 0 aromatic heterocycles. The number of nitrogens with two attached hydrogens (primary N) is 1. The highest BCUT2D eigenvalue weighted by atomic mass is 14.7. The first-order valence-corrected chi connectivity index (χ1v) is 3.54. The molecule has 0 unspecified atom stereocenters. The van der Waals surface area contributed by atoms with E-state index in [1.54, 1.807) is 7.05 Å². The number of hydrogen-bond donors (Lipinski definition) is 1. The number of nitrogens with zero attached hydrogens (tertiary/aromatic N) is 1. The first-order chi connectivity index (χ1) is 4.70. The maximum Gasteiger partial charge on any atom is 0.0361 e. The number of rotatable bonds is 3. The van der Waals surface area contributed by atoms with E-state index >= 15 is 0 Å². The lowest BCUT2D eigenvalue weighted by molar-refractivity contribution is 0.684. The molecule has 0 rings (SSSR count). The lowest BCUT2D eigenvalue weighted by Crippen LogP contribution is -2.00. The largest absolute Gasteiger partial charge is 0.405 e. The Morgan fingerprint density at radius 1 is 1.60 bits per heavy atom. The molecule has 0 aliphatic rings. The molecule has 0 aliphatic heterocycles. The lowest BCUT2D eigenvalue weighted by atomic mass is 10.1. The van der Waals surface area contributed by atoms with Crippen LogP contribution in [-0.2, 0) is 0 Å². The molecule has 0 amide bonds. The summed E-state index contributed by atoms with van der Waals surface area (Å²) in [4.78, 5) is 4.07. The molecule has 0 aromatic carbocycles. The maximum absolute atomic E-state index is 5.22. The fourth-order valence-corrected chi connectivity index (χ4v) is 0.763. The van der Waals surface area contributed by atoms with E-state index in [1.807, 2.05) is 6.08 Å². The molecular weight excluding hydrogens is 124 g/mol. The van der Waals surface area contributed by atoms with E-state index < -0.39 is 0 Å². The normalized spacial score (nSPS) is 13.4. The molecule has 0 fully saturated rings. The zero-order valence-corrected chi connectivity index (χ0v) is 6.96. The summed E-state index contributed by atoms with van der Waals surface area (Å²) in [6.07, 6.45) is 4.38. The number of allylic oxidation sites excluding steroid dienone is 1. The predicted octanol–water partition coefficient (Wildman–Crippen LogP) is 1.58. The second-order valence-electron chi connectivity index (χ2n) is 2.67. The Morgan fingerprint density at radius 2 is 2.20 bits per heavy atom. The van der Waals surface area contributed by atoms with Crippen molar-refractivity contribution in [2.75, 3.05) is 7.05 Å². The average Bonchev–Trinajstić information content (AvgIpc) is 1.86. The molecule has 2 nitrogen and oxygen atoms in total. The zero-order valence-electron chi connectivity index (χ0n) is 6.96. The molecule has 0 bridgehead atoms. The summed E-state index contributed by atoms with van der Waals surface area (Å²) in [6, 6.07) is 0. The molecule has 0 atom stereocenters. The van der Waals surface area contributed by atoms with Gasteiger partial charge in [-0.15, -0.1) is 0 Å². The summed E-state index contributed by atoms with van der Waals surface area (Å²) in [5.74, 6) is 0.648. The minimum absolute atomic E-state index is 0.648. The number of aliphatic imine (C=N–C) groups is 1. The van der Waals surface area contributed by atoms with Crippen molar-refractivity contribution in [3.8, 4) is 0 Å². The van der Waals surface area contributed by atoms with Crippen LogP contribution in [-0.4, -0.2) is 12.8 Å². The third-order valence-corrected chi connectivity index (χ3v) is 1.19. The van der Waals surface area contributed by atoms with E-state index in [4.69, 9.17) is 5.73 Å². The van der Waals surface area contributed by atoms with Gasteiger partial charge in [0, 0.05) is 12.8 Å². The van der Waals surface area contributed by atoms with Crippen LogP contribution in [0, 0.1) is 5.92 Å². The van der Waals surface area contributed by atoms with Crippen molar-refractivity contribution in [1.82, 2.24) is 0 Å². The van der Waals surface area contributed by atoms with E-state index in [2.05, 4.69) is 18.8 Å². The van der Waals surface area contributed by atoms with Crippen LogP contribution >= 0.6 is 0 Å². The van der Waals surface area contributed by atoms with Crippen LogP contribution in [0.2, 0.25) is 0 Å². The molecule has 0 aliphatic carbocycles. The van der Waals surface area contributed by atoms with Gasteiger partial charge in [0.25, 0.3) is 0 Å². The Labute approximate surface area is 62.8 Å². The fourth-order valence-electron chi connectivity index (χ4n) is 0.763. The van der Waals surface area contributed by atoms with E-state index in [1.165, 1.54) is 6.20 Å². The first-order valence-electron chi connectivity index (χ1n) is 3.54. The summed E-state index contributed by atoms with van der Waals surface area (Å²) >= 11 is 0. The van der Waals surface area contributed by atoms with E-state index in [0.29, 0.717) is 5.92 Å². The van der Waals surface area contributed by atoms with Crippen molar-refractivity contribution in [2.45, 2.75) is 20.3 Å². The molecule has 2 heteroatoms. The van der Waals surface area contributed by atoms with Crippen molar-refractivity contribution in [3.05, 3.63) is 12.3 Å². The highest BCUT2D eigenvalue weighted by Gasteiger charge is 1.96. The minimum Gasteiger partial charge on any atom is -0.405 e. The first kappa shape index (κ1) is 9.21. The Kier molecular flexibility index (Phi) is 4.63. The van der Waals surface area contributed by atoms with Crippen molar-refractivity contribution in [2.24, 2.45) is 16.6 Å². The molecule has 0 saturated carbocycles. The summed E-state index contributed by atoms with van der Waals surface area (Å²) in [7, 11) is 1.79. The van der Waals surface area contributed by atoms with Gasteiger partial charge in [-0.25, -0.2) is 0 Å². The molecule has 0 radical (unpaired) electrons. The molecule has 0 spiro atoms. The summed E-state index contributed by atoms with van der Waals surface area (Å²) in [6.45, 7) is 4.32. The highest BCUT2D eigenvalue weighted by Crippen LogP contribution is 2.01. The van der Waals surface area contributed by atoms with Gasteiger partial charge in [0.2, 0.25) is 0 Å². The van der Waals surface area contributed by atoms with Crippen LogP contribution in [0.3, 0.4) is 0 Å². The summed E-state index contributed by atoms with van der Waals surface area (Å²) in [5.41, 5.74) is 6.29. The Bertz CT molecular complexity index is 134. The third kappa shape index (κ3) is 4.13. The van der Waals surface area contributed by atoms with E-state index in [0.717, 1.165) is 12.1 Å². The summed E-state index contributed by atoms with van der Waals surface area (Å²) < 4.78 is 0. The van der Waals surface area contributed by atoms with Crippen LogP contribution in [0.25, 0.3) is 0 Å². The maximum atomic E-state index is 5.22. The van der Waals surface area contributed by atoms with Crippen LogP contribution in [0.1, 0.15) is 20.3 Å². The fraction of sp³-hybridized carbons (Fsp3) is 0.625. The van der Waals surface area contributed by atoms with Gasteiger partial charge in [0.1, 0.15) is 0 Å². The second-order valence-corrected chi connectivity index (χ2v) is 2.67. The molecular formula is C8H16N2. The topological polar surface area (TPSA) is 38.4 Å². The standard InChI is InChI=1S/C8H16N2/c1-7(2)6-8(10-3)4-5-9/h4-5,7H,6,9H2,1-3H3/b5-4-,10-8?. The molecule has 58 valence electrons. The van der Waals surface area contributed by atoms with Gasteiger partial charge in [0.05, 0.1) is 0 Å². The van der Waals surface area contributed by atoms with Gasteiger partial charge in [0.15, 0.2) is 0 Å². The Hall–Kier alpha value is -0.790. The lowest BCUT2D eigenvalue weighted by Gasteiger charge is -2.02. The molecule has 2 N–H and O–H groups in total. The van der Waals surface area contributed by atoms with Crippen molar-refractivity contribution in [3.63, 3.8) is 0 Å². The predicted molar refractivity (Wildman–Crippen MR) is 46.1 cm³/mol. The van der Waals surface area contributed by atoms with Crippen LogP contribution < -0.4 is 5.73 Å². The van der Waals surface area contributed by atoms with Gasteiger partial charge in [-0.1, -0.05) is 13.8 Å². The zero-order chi connectivity index (χ0) is 7.98.